The molecule has 4 atom stereocenters. The van der Waals surface area contributed by atoms with Crippen molar-refractivity contribution < 1.29 is 28.5 Å². The zero-order chi connectivity index (χ0) is 22.2. The number of carbonyl (C=O) groups is 2. The topological polar surface area (TPSA) is 74.3 Å². The number of amides is 2. The SMILES string of the molecule is CCOc1ccc(COc2ccc(N3C(=O)[C@@H]4[C@@H](C3=O)[C@H]3CC[C@H]4O3)cc2)cc1OCC. The van der Waals surface area contributed by atoms with Gasteiger partial charge in [-0.1, -0.05) is 6.07 Å². The molecule has 0 N–H and O–H groups in total. The Hall–Kier alpha value is -3.06. The normalized spacial score (nSPS) is 25.9. The van der Waals surface area contributed by atoms with E-state index in [1.54, 1.807) is 24.3 Å². The van der Waals surface area contributed by atoms with Gasteiger partial charge in [-0.3, -0.25) is 9.59 Å². The van der Waals surface area contributed by atoms with E-state index < -0.39 is 0 Å². The first-order chi connectivity index (χ1) is 15.6. The monoisotopic (exact) mass is 437 g/mol. The van der Waals surface area contributed by atoms with Gasteiger partial charge in [0.15, 0.2) is 11.5 Å². The summed E-state index contributed by atoms with van der Waals surface area (Å²) in [7, 11) is 0. The van der Waals surface area contributed by atoms with Crippen LogP contribution in [0.5, 0.6) is 17.2 Å². The Bertz CT molecular complexity index is 992. The number of benzene rings is 2. The molecule has 2 bridgehead atoms. The number of nitrogens with zero attached hydrogens (tertiary/aromatic N) is 1. The van der Waals surface area contributed by atoms with Crippen molar-refractivity contribution in [3.63, 3.8) is 0 Å². The minimum atomic E-state index is -0.323. The number of hydrogen-bond donors (Lipinski definition) is 0. The van der Waals surface area contributed by atoms with Gasteiger partial charge in [-0.05, 0) is 68.7 Å². The van der Waals surface area contributed by atoms with Gasteiger partial charge in [0.25, 0.3) is 0 Å². The number of ether oxygens (including phenoxy) is 4. The molecule has 2 aromatic rings. The lowest BCUT2D eigenvalue weighted by atomic mass is 9.81. The largest absolute Gasteiger partial charge is 0.490 e. The molecule has 168 valence electrons. The standard InChI is InChI=1S/C25H27NO6/c1-3-29-18-10-5-15(13-21(18)30-4-2)14-31-17-8-6-16(7-9-17)26-24(27)22-19-11-12-20(32-19)23(22)25(26)28/h5-10,13,19-20,22-23H,3-4,11-12,14H2,1-2H3/t19-,20-,22+,23+/m1/s1. The minimum Gasteiger partial charge on any atom is -0.490 e. The molecule has 7 heteroatoms. The lowest BCUT2D eigenvalue weighted by Crippen LogP contribution is -2.34. The van der Waals surface area contributed by atoms with Gasteiger partial charge < -0.3 is 18.9 Å². The van der Waals surface area contributed by atoms with Crippen LogP contribution in [0.25, 0.3) is 0 Å². The third-order valence-electron chi connectivity index (χ3n) is 6.39. The second kappa shape index (κ2) is 8.47. The second-order valence-electron chi connectivity index (χ2n) is 8.28. The first-order valence-corrected chi connectivity index (χ1v) is 11.2. The summed E-state index contributed by atoms with van der Waals surface area (Å²) in [6.45, 7) is 5.35. The van der Waals surface area contributed by atoms with E-state index >= 15 is 0 Å². The quantitative estimate of drug-likeness (QED) is 0.586. The van der Waals surface area contributed by atoms with Gasteiger partial charge in [-0.15, -0.1) is 0 Å². The molecule has 3 aliphatic heterocycles. The zero-order valence-electron chi connectivity index (χ0n) is 18.3. The Kier molecular flexibility index (Phi) is 5.51. The van der Waals surface area contributed by atoms with Crippen molar-refractivity contribution in [2.45, 2.75) is 45.5 Å². The third-order valence-corrected chi connectivity index (χ3v) is 6.39. The number of imide groups is 1. The fourth-order valence-electron chi connectivity index (χ4n) is 5.01. The maximum absolute atomic E-state index is 12.9. The van der Waals surface area contributed by atoms with Gasteiger partial charge in [-0.25, -0.2) is 4.90 Å². The molecule has 3 heterocycles. The van der Waals surface area contributed by atoms with E-state index in [4.69, 9.17) is 18.9 Å². The van der Waals surface area contributed by atoms with Crippen LogP contribution in [0.2, 0.25) is 0 Å². The van der Waals surface area contributed by atoms with Crippen LogP contribution in [0.3, 0.4) is 0 Å². The molecular weight excluding hydrogens is 410 g/mol. The molecule has 0 spiro atoms. The molecule has 3 saturated heterocycles. The number of hydrogen-bond acceptors (Lipinski definition) is 6. The molecule has 3 fully saturated rings. The molecule has 3 aliphatic rings. The van der Waals surface area contributed by atoms with Crippen molar-refractivity contribution in [1.82, 2.24) is 0 Å². The zero-order valence-corrected chi connectivity index (χ0v) is 18.3. The summed E-state index contributed by atoms with van der Waals surface area (Å²) in [6.07, 6.45) is 1.51. The van der Waals surface area contributed by atoms with Gasteiger partial charge in [0.1, 0.15) is 12.4 Å². The van der Waals surface area contributed by atoms with Crippen LogP contribution in [0.15, 0.2) is 42.5 Å². The molecule has 0 unspecified atom stereocenters. The highest BCUT2D eigenvalue weighted by Gasteiger charge is 2.62. The molecule has 2 amide bonds. The van der Waals surface area contributed by atoms with Crippen molar-refractivity contribution in [1.29, 1.82) is 0 Å². The van der Waals surface area contributed by atoms with Gasteiger partial charge in [0.2, 0.25) is 11.8 Å². The van der Waals surface area contributed by atoms with Crippen molar-refractivity contribution in [2.24, 2.45) is 11.8 Å². The predicted molar refractivity (Wildman–Crippen MR) is 117 cm³/mol. The third kappa shape index (κ3) is 3.50. The van der Waals surface area contributed by atoms with E-state index in [9.17, 15) is 9.59 Å². The van der Waals surface area contributed by atoms with Gasteiger partial charge in [0, 0.05) is 0 Å². The smallest absolute Gasteiger partial charge is 0.240 e. The van der Waals surface area contributed by atoms with Crippen molar-refractivity contribution in [2.75, 3.05) is 18.1 Å². The fourth-order valence-corrected chi connectivity index (χ4v) is 5.01. The molecular formula is C25H27NO6. The molecule has 5 rings (SSSR count). The first-order valence-electron chi connectivity index (χ1n) is 11.2. The molecule has 0 aromatic heterocycles. The van der Waals surface area contributed by atoms with E-state index in [1.807, 2.05) is 32.0 Å². The first kappa shape index (κ1) is 20.8. The highest BCUT2D eigenvalue weighted by atomic mass is 16.5. The van der Waals surface area contributed by atoms with Crippen LogP contribution in [-0.4, -0.2) is 37.2 Å². The van der Waals surface area contributed by atoms with Crippen molar-refractivity contribution in [3.8, 4) is 17.2 Å². The van der Waals surface area contributed by atoms with Crippen LogP contribution in [-0.2, 0) is 20.9 Å². The van der Waals surface area contributed by atoms with E-state index in [1.165, 1.54) is 4.90 Å². The number of carbonyl (C=O) groups excluding carboxylic acids is 2. The number of rotatable bonds is 8. The van der Waals surface area contributed by atoms with E-state index in [0.717, 1.165) is 18.4 Å². The highest BCUT2D eigenvalue weighted by molar-refractivity contribution is 6.22. The summed E-state index contributed by atoms with van der Waals surface area (Å²) in [4.78, 5) is 27.2. The Labute approximate surface area is 187 Å². The minimum absolute atomic E-state index is 0.107. The lowest BCUT2D eigenvalue weighted by molar-refractivity contribution is -0.124. The molecule has 32 heavy (non-hydrogen) atoms. The van der Waals surface area contributed by atoms with Crippen molar-refractivity contribution >= 4 is 17.5 Å². The maximum Gasteiger partial charge on any atom is 0.240 e. The van der Waals surface area contributed by atoms with E-state index in [0.29, 0.717) is 42.8 Å². The maximum atomic E-state index is 12.9. The molecule has 0 aliphatic carbocycles. The predicted octanol–water partition coefficient (Wildman–Crippen LogP) is 3.73. The average molecular weight is 437 g/mol. The average Bonchev–Trinajstić information content (AvgIpc) is 3.48. The summed E-state index contributed by atoms with van der Waals surface area (Å²) < 4.78 is 23.0. The van der Waals surface area contributed by atoms with E-state index in [2.05, 4.69) is 0 Å². The Morgan fingerprint density at radius 2 is 1.47 bits per heavy atom. The van der Waals surface area contributed by atoms with Crippen molar-refractivity contribution in [3.05, 3.63) is 48.0 Å². The summed E-state index contributed by atoms with van der Waals surface area (Å²) in [5, 5.41) is 0. The Morgan fingerprint density at radius 3 is 2.09 bits per heavy atom. The summed E-state index contributed by atoms with van der Waals surface area (Å²) >= 11 is 0. The van der Waals surface area contributed by atoms with Gasteiger partial charge in [0.05, 0.1) is 42.9 Å². The number of anilines is 1. The summed E-state index contributed by atoms with van der Waals surface area (Å²) in [5.74, 6) is 1.14. The van der Waals surface area contributed by atoms with Crippen LogP contribution in [0, 0.1) is 11.8 Å². The lowest BCUT2D eigenvalue weighted by Gasteiger charge is -2.18. The Morgan fingerprint density at radius 1 is 0.844 bits per heavy atom. The van der Waals surface area contributed by atoms with Crippen LogP contribution in [0.1, 0.15) is 32.3 Å². The Balaban J connectivity index is 1.25. The van der Waals surface area contributed by atoms with Gasteiger partial charge >= 0.3 is 0 Å². The summed E-state index contributed by atoms with van der Waals surface area (Å²) in [6, 6.07) is 12.8. The summed E-state index contributed by atoms with van der Waals surface area (Å²) in [5.41, 5.74) is 1.54. The van der Waals surface area contributed by atoms with Crippen LogP contribution < -0.4 is 19.1 Å². The highest BCUT2D eigenvalue weighted by Crippen LogP contribution is 2.49. The van der Waals surface area contributed by atoms with Crippen LogP contribution >= 0.6 is 0 Å². The molecule has 2 aromatic carbocycles. The number of fused-ring (bicyclic) bond motifs is 5. The molecule has 0 saturated carbocycles. The second-order valence-corrected chi connectivity index (χ2v) is 8.28. The van der Waals surface area contributed by atoms with Crippen LogP contribution in [0.4, 0.5) is 5.69 Å². The van der Waals surface area contributed by atoms with E-state index in [-0.39, 0.29) is 35.9 Å². The molecule has 7 nitrogen and oxygen atoms in total. The fraction of sp³-hybridized carbons (Fsp3) is 0.440. The molecule has 0 radical (unpaired) electrons. The van der Waals surface area contributed by atoms with Gasteiger partial charge in [-0.2, -0.15) is 0 Å².